The van der Waals surface area contributed by atoms with Crippen molar-refractivity contribution in [3.8, 4) is 11.5 Å². The minimum absolute atomic E-state index is 0.0492. The lowest BCUT2D eigenvalue weighted by Gasteiger charge is -2.47. The van der Waals surface area contributed by atoms with Gasteiger partial charge in [-0.15, -0.1) is 0 Å². The predicted molar refractivity (Wildman–Crippen MR) is 111 cm³/mol. The van der Waals surface area contributed by atoms with Crippen LogP contribution in [0.25, 0.3) is 0 Å². The van der Waals surface area contributed by atoms with Crippen LogP contribution in [0, 0.1) is 0 Å². The van der Waals surface area contributed by atoms with Gasteiger partial charge in [-0.1, -0.05) is 42.5 Å². The number of nitrogens with zero attached hydrogens (tertiary/aromatic N) is 1. The molecule has 1 fully saturated rings. The van der Waals surface area contributed by atoms with E-state index in [1.54, 1.807) is 19.1 Å². The van der Waals surface area contributed by atoms with Crippen LogP contribution in [-0.2, 0) is 16.1 Å². The minimum Gasteiger partial charge on any atom is -0.497 e. The predicted octanol–water partition coefficient (Wildman–Crippen LogP) is 4.38. The fourth-order valence-corrected chi connectivity index (χ4v) is 3.54. The Labute approximate surface area is 170 Å². The summed E-state index contributed by atoms with van der Waals surface area (Å²) in [5.74, 6) is 1.48. The Morgan fingerprint density at radius 3 is 1.97 bits per heavy atom. The molecule has 0 radical (unpaired) electrons. The van der Waals surface area contributed by atoms with Gasteiger partial charge in [0.1, 0.15) is 11.5 Å². The summed E-state index contributed by atoms with van der Waals surface area (Å²) in [6.07, 6.45) is -0.536. The van der Waals surface area contributed by atoms with Crippen LogP contribution in [0.1, 0.15) is 17.2 Å². The fourth-order valence-electron chi connectivity index (χ4n) is 3.54. The first-order valence-electron chi connectivity index (χ1n) is 9.48. The van der Waals surface area contributed by atoms with Gasteiger partial charge in [0.15, 0.2) is 6.10 Å². The van der Waals surface area contributed by atoms with Crippen LogP contribution in [0.15, 0.2) is 78.9 Å². The Hall–Kier alpha value is -3.31. The van der Waals surface area contributed by atoms with Gasteiger partial charge in [-0.25, -0.2) is 0 Å². The summed E-state index contributed by atoms with van der Waals surface area (Å²) >= 11 is 0. The summed E-state index contributed by atoms with van der Waals surface area (Å²) in [6.45, 7) is 0.389. The van der Waals surface area contributed by atoms with Crippen molar-refractivity contribution in [1.82, 2.24) is 0 Å². The number of hydrogen-bond donors (Lipinski definition) is 0. The molecule has 0 saturated carbocycles. The molecule has 1 aliphatic heterocycles. The van der Waals surface area contributed by atoms with Crippen LogP contribution in [-0.4, -0.2) is 26.2 Å². The lowest BCUT2D eigenvalue weighted by atomic mass is 9.89. The highest BCUT2D eigenvalue weighted by Gasteiger charge is 2.49. The van der Waals surface area contributed by atoms with Crippen LogP contribution in [0.4, 0.5) is 5.69 Å². The van der Waals surface area contributed by atoms with E-state index in [9.17, 15) is 4.79 Å². The second-order valence-electron chi connectivity index (χ2n) is 6.84. The van der Waals surface area contributed by atoms with Crippen LogP contribution < -0.4 is 14.4 Å². The summed E-state index contributed by atoms with van der Waals surface area (Å²) in [7, 11) is 3.26. The lowest BCUT2D eigenvalue weighted by molar-refractivity contribution is -0.143. The molecule has 2 atom stereocenters. The maximum Gasteiger partial charge on any atom is 0.259 e. The SMILES string of the molecule is COc1ccc([C@@H]2[C@H](OCc3ccccc3)C(=O)N2c2ccc(OC)cc2)cc1. The quantitative estimate of drug-likeness (QED) is 0.563. The fraction of sp³-hybridized carbons (Fsp3) is 0.208. The van der Waals surface area contributed by atoms with Crippen molar-refractivity contribution in [1.29, 1.82) is 0 Å². The molecule has 4 rings (SSSR count). The number of methoxy groups -OCH3 is 2. The number of hydrogen-bond acceptors (Lipinski definition) is 4. The molecule has 1 amide bonds. The second kappa shape index (κ2) is 8.37. The molecule has 5 heteroatoms. The molecule has 0 spiro atoms. The topological polar surface area (TPSA) is 48.0 Å². The van der Waals surface area contributed by atoms with E-state index in [4.69, 9.17) is 14.2 Å². The molecule has 3 aromatic rings. The van der Waals surface area contributed by atoms with Crippen LogP contribution in [0.3, 0.4) is 0 Å². The van der Waals surface area contributed by atoms with Crippen molar-refractivity contribution in [3.63, 3.8) is 0 Å². The van der Waals surface area contributed by atoms with Crippen molar-refractivity contribution in [2.24, 2.45) is 0 Å². The molecule has 0 bridgehead atoms. The lowest BCUT2D eigenvalue weighted by Crippen LogP contribution is -2.60. The number of anilines is 1. The van der Waals surface area contributed by atoms with Crippen molar-refractivity contribution in [3.05, 3.63) is 90.0 Å². The van der Waals surface area contributed by atoms with Crippen LogP contribution in [0.2, 0.25) is 0 Å². The average Bonchev–Trinajstić information content (AvgIpc) is 2.78. The van der Waals surface area contributed by atoms with Gasteiger partial charge in [-0.2, -0.15) is 0 Å². The van der Waals surface area contributed by atoms with E-state index in [1.165, 1.54) is 0 Å². The number of amides is 1. The molecule has 0 unspecified atom stereocenters. The van der Waals surface area contributed by atoms with Gasteiger partial charge < -0.3 is 14.2 Å². The molecular weight excluding hydrogens is 366 g/mol. The van der Waals surface area contributed by atoms with E-state index in [1.807, 2.05) is 78.9 Å². The first-order chi connectivity index (χ1) is 14.2. The number of carbonyl (C=O) groups excluding carboxylic acids is 1. The van der Waals surface area contributed by atoms with Gasteiger partial charge in [-0.05, 0) is 47.5 Å². The molecule has 1 saturated heterocycles. The maximum atomic E-state index is 13.0. The summed E-state index contributed by atoms with van der Waals surface area (Å²) in [5.41, 5.74) is 2.85. The van der Waals surface area contributed by atoms with E-state index >= 15 is 0 Å². The van der Waals surface area contributed by atoms with Crippen molar-refractivity contribution >= 4 is 11.6 Å². The monoisotopic (exact) mass is 389 g/mol. The second-order valence-corrected chi connectivity index (χ2v) is 6.84. The Bertz CT molecular complexity index is 954. The van der Waals surface area contributed by atoms with E-state index in [0.29, 0.717) is 6.61 Å². The van der Waals surface area contributed by atoms with Crippen molar-refractivity contribution in [2.75, 3.05) is 19.1 Å². The number of rotatable bonds is 7. The van der Waals surface area contributed by atoms with Gasteiger partial charge in [0.05, 0.1) is 26.9 Å². The van der Waals surface area contributed by atoms with E-state index in [0.717, 1.165) is 28.3 Å². The van der Waals surface area contributed by atoms with E-state index < -0.39 is 6.10 Å². The van der Waals surface area contributed by atoms with Gasteiger partial charge >= 0.3 is 0 Å². The third-order valence-electron chi connectivity index (χ3n) is 5.13. The molecule has 0 N–H and O–H groups in total. The van der Waals surface area contributed by atoms with E-state index in [-0.39, 0.29) is 11.9 Å². The Kier molecular flexibility index (Phi) is 5.49. The standard InChI is InChI=1S/C24H23NO4/c1-27-20-12-8-18(9-13-20)22-23(29-16-17-6-4-3-5-7-17)24(26)25(22)19-10-14-21(28-2)15-11-19/h3-15,22-23H,16H2,1-2H3/t22-,23+/m1/s1. The molecule has 0 aliphatic carbocycles. The molecule has 5 nitrogen and oxygen atoms in total. The van der Waals surface area contributed by atoms with Crippen LogP contribution >= 0.6 is 0 Å². The zero-order valence-electron chi connectivity index (χ0n) is 16.4. The number of β-lactam (4-membered cyclic amide) rings is 1. The van der Waals surface area contributed by atoms with Crippen molar-refractivity contribution in [2.45, 2.75) is 18.8 Å². The van der Waals surface area contributed by atoms with Crippen LogP contribution in [0.5, 0.6) is 11.5 Å². The van der Waals surface area contributed by atoms with E-state index in [2.05, 4.69) is 0 Å². The summed E-state index contributed by atoms with van der Waals surface area (Å²) in [6, 6.07) is 24.9. The summed E-state index contributed by atoms with van der Waals surface area (Å²) in [4.78, 5) is 14.8. The normalized spacial score (nSPS) is 18.3. The third-order valence-corrected chi connectivity index (χ3v) is 5.13. The van der Waals surface area contributed by atoms with Gasteiger partial charge in [-0.3, -0.25) is 9.69 Å². The highest BCUT2D eigenvalue weighted by Crippen LogP contribution is 2.42. The Morgan fingerprint density at radius 1 is 0.793 bits per heavy atom. The zero-order chi connectivity index (χ0) is 20.2. The summed E-state index contributed by atoms with van der Waals surface area (Å²) in [5, 5.41) is 0. The highest BCUT2D eigenvalue weighted by atomic mass is 16.5. The first-order valence-corrected chi connectivity index (χ1v) is 9.48. The third kappa shape index (κ3) is 3.82. The first kappa shape index (κ1) is 19.0. The molecule has 29 heavy (non-hydrogen) atoms. The molecule has 148 valence electrons. The summed E-state index contributed by atoms with van der Waals surface area (Å²) < 4.78 is 16.5. The van der Waals surface area contributed by atoms with Crippen molar-refractivity contribution < 1.29 is 19.0 Å². The smallest absolute Gasteiger partial charge is 0.259 e. The molecule has 3 aromatic carbocycles. The maximum absolute atomic E-state index is 13.0. The minimum atomic E-state index is -0.536. The molecular formula is C24H23NO4. The highest BCUT2D eigenvalue weighted by molar-refractivity contribution is 6.05. The molecule has 0 aromatic heterocycles. The molecule has 1 heterocycles. The largest absolute Gasteiger partial charge is 0.497 e. The average molecular weight is 389 g/mol. The molecule has 1 aliphatic rings. The zero-order valence-corrected chi connectivity index (χ0v) is 16.4. The number of carbonyl (C=O) groups is 1. The Balaban J connectivity index is 1.60. The number of ether oxygens (including phenoxy) is 3. The van der Waals surface area contributed by atoms with Gasteiger partial charge in [0.2, 0.25) is 0 Å². The Morgan fingerprint density at radius 2 is 1.38 bits per heavy atom. The van der Waals surface area contributed by atoms with Gasteiger partial charge in [0.25, 0.3) is 5.91 Å². The van der Waals surface area contributed by atoms with Gasteiger partial charge in [0, 0.05) is 5.69 Å². The number of benzene rings is 3.